The summed E-state index contributed by atoms with van der Waals surface area (Å²) in [6.45, 7) is 2.10. The number of aliphatic hydroxyl groups excluding tert-OH is 1. The molecule has 0 spiro atoms. The maximum Gasteiger partial charge on any atom is 0.352 e. The predicted octanol–water partition coefficient (Wildman–Crippen LogP) is -3.03. The fourth-order valence-electron chi connectivity index (χ4n) is 3.82. The van der Waals surface area contributed by atoms with Crippen LogP contribution >= 0.6 is 23.3 Å². The lowest BCUT2D eigenvalue weighted by atomic mass is 10.0. The molecule has 2 aliphatic heterocycles. The summed E-state index contributed by atoms with van der Waals surface area (Å²) in [5.74, 6) is -1.93. The van der Waals surface area contributed by atoms with E-state index in [0.29, 0.717) is 17.1 Å². The van der Waals surface area contributed by atoms with Crippen molar-refractivity contribution in [3.63, 3.8) is 0 Å². The van der Waals surface area contributed by atoms with E-state index >= 15 is 0 Å². The molecule has 41 heavy (non-hydrogen) atoms. The first-order valence-corrected chi connectivity index (χ1v) is 14.6. The van der Waals surface area contributed by atoms with Crippen LogP contribution in [0.1, 0.15) is 12.7 Å². The topological polar surface area (TPSA) is 293 Å². The fourth-order valence-corrected chi connectivity index (χ4v) is 5.59. The summed E-state index contributed by atoms with van der Waals surface area (Å²) >= 11 is 2.19. The summed E-state index contributed by atoms with van der Waals surface area (Å²) in [6, 6.07) is 0.657. The van der Waals surface area contributed by atoms with Crippen LogP contribution in [-0.4, -0.2) is 101 Å². The maximum absolute atomic E-state index is 13.0. The van der Waals surface area contributed by atoms with Gasteiger partial charge in [0.15, 0.2) is 23.7 Å². The minimum Gasteiger partial charge on any atom is -0.726 e. The van der Waals surface area contributed by atoms with Gasteiger partial charge < -0.3 is 36.4 Å². The maximum atomic E-state index is 13.0. The molecule has 19 nitrogen and oxygen atoms in total. The van der Waals surface area contributed by atoms with Gasteiger partial charge in [0, 0.05) is 22.9 Å². The molecule has 0 aliphatic carbocycles. The van der Waals surface area contributed by atoms with Crippen molar-refractivity contribution >= 4 is 68.1 Å². The number of aliphatic carboxylic acids is 1. The lowest BCUT2D eigenvalue weighted by Gasteiger charge is -2.49. The van der Waals surface area contributed by atoms with E-state index in [4.69, 9.17) is 33.8 Å². The van der Waals surface area contributed by atoms with Gasteiger partial charge in [-0.2, -0.15) is 9.36 Å². The molecule has 4 rings (SSSR count). The van der Waals surface area contributed by atoms with E-state index in [0.717, 1.165) is 11.5 Å². The number of anilines is 2. The zero-order valence-corrected chi connectivity index (χ0v) is 23.6. The molecule has 0 radical (unpaired) electrons. The predicted molar refractivity (Wildman–Crippen MR) is 141 cm³/mol. The molecule has 2 aromatic heterocycles. The second-order valence-electron chi connectivity index (χ2n) is 8.04. The van der Waals surface area contributed by atoms with Crippen LogP contribution in [0.2, 0.25) is 0 Å². The van der Waals surface area contributed by atoms with Crippen LogP contribution in [0.15, 0.2) is 28.7 Å². The van der Waals surface area contributed by atoms with Crippen molar-refractivity contribution in [2.75, 3.05) is 30.4 Å². The Kier molecular flexibility index (Phi) is 10.2. The number of carbonyl (C=O) groups excluding carboxylic acids is 2. The van der Waals surface area contributed by atoms with Gasteiger partial charge in [0.05, 0.1) is 12.7 Å². The normalized spacial score (nSPS) is 18.7. The van der Waals surface area contributed by atoms with Gasteiger partial charge in [-0.3, -0.25) is 19.0 Å². The lowest BCUT2D eigenvalue weighted by molar-refractivity contribution is -0.767. The minimum absolute atomic E-state index is 0.0426. The number of amides is 2. The van der Waals surface area contributed by atoms with Crippen molar-refractivity contribution < 1.29 is 51.6 Å². The van der Waals surface area contributed by atoms with E-state index < -0.39 is 39.6 Å². The third-order valence-electron chi connectivity index (χ3n) is 5.38. The number of nitrogens with one attached hydrogen (secondary N) is 1. The first-order valence-electron chi connectivity index (χ1n) is 11.4. The molecule has 0 bridgehead atoms. The summed E-state index contributed by atoms with van der Waals surface area (Å²) < 4.78 is 40.1. The second kappa shape index (κ2) is 13.2. The molecule has 8 N–H and O–H groups in total. The molecule has 2 atom stereocenters. The molecule has 2 aromatic rings. The van der Waals surface area contributed by atoms with Crippen molar-refractivity contribution in [1.82, 2.24) is 24.3 Å². The van der Waals surface area contributed by atoms with Gasteiger partial charge in [0.25, 0.3) is 11.8 Å². The van der Waals surface area contributed by atoms with Crippen LogP contribution in [0.25, 0.3) is 0 Å². The van der Waals surface area contributed by atoms with Crippen LogP contribution in [-0.2, 0) is 42.7 Å². The fraction of sp³-hybridized carbons (Fsp3) is 0.421. The Morgan fingerprint density at radius 3 is 2.63 bits per heavy atom. The van der Waals surface area contributed by atoms with Gasteiger partial charge in [0.1, 0.15) is 30.3 Å². The number of nitrogens with zero attached hydrogens (tertiary/aromatic N) is 6. The number of aliphatic hydroxyl groups is 1. The second-order valence-corrected chi connectivity index (χ2v) is 10.8. The van der Waals surface area contributed by atoms with E-state index in [1.54, 1.807) is 28.6 Å². The van der Waals surface area contributed by atoms with E-state index in [1.165, 1.54) is 16.7 Å². The van der Waals surface area contributed by atoms with Crippen LogP contribution in [0.3, 0.4) is 0 Å². The molecule has 224 valence electrons. The highest BCUT2D eigenvalue weighted by atomic mass is 32.3. The number of thioether (sulfide) groups is 1. The Morgan fingerprint density at radius 2 is 2.07 bits per heavy atom. The van der Waals surface area contributed by atoms with Gasteiger partial charge in [-0.05, 0) is 6.92 Å². The lowest BCUT2D eigenvalue weighted by Crippen LogP contribution is -2.71. The Balaban J connectivity index is 0.000000850. The molecule has 0 unspecified atom stereocenters. The summed E-state index contributed by atoms with van der Waals surface area (Å²) in [6.07, 6.45) is 1.67. The molecular formula is C19H25N9O10S3. The average Bonchev–Trinajstić information content (AvgIpc) is 3.47. The largest absolute Gasteiger partial charge is 0.726 e. The quantitative estimate of drug-likeness (QED) is 0.0378. The van der Waals surface area contributed by atoms with Crippen molar-refractivity contribution in [2.45, 2.75) is 31.4 Å². The summed E-state index contributed by atoms with van der Waals surface area (Å²) in [4.78, 5) is 48.2. The first-order chi connectivity index (χ1) is 19.3. The number of carbonyl (C=O) groups is 3. The highest BCUT2D eigenvalue weighted by Gasteiger charge is 2.55. The number of carboxylic acid groups (broad SMARTS) is 1. The van der Waals surface area contributed by atoms with Crippen molar-refractivity contribution in [3.8, 4) is 0 Å². The van der Waals surface area contributed by atoms with E-state index in [9.17, 15) is 24.6 Å². The number of β-lactam (4-membered cyclic amide) rings is 1. The zero-order valence-electron chi connectivity index (χ0n) is 21.1. The van der Waals surface area contributed by atoms with Crippen molar-refractivity contribution in [2.24, 2.45) is 5.16 Å². The Bertz CT molecular complexity index is 1480. The standard InChI is InChI=1S/C19H23N9O6S2.H2O4S/c1-2-34-24-11(14-23-19(21)36-25-14)15(30)22-12-16(31)28-13(18(32)33)9(8-35-17(12)28)7-26-4-3-10(20)27(26)5-6-29;1-5(2,3)4/h3-4,12,17,20,29H,2,5-8H2,1H3,(H4,21,22,23,25,30,32,33);(H2,1,2,3,4)/t12-,17-;/m1./s1. The molecule has 2 amide bonds. The number of carboxylic acids is 1. The smallest absolute Gasteiger partial charge is 0.352 e. The number of rotatable bonds is 10. The summed E-state index contributed by atoms with van der Waals surface area (Å²) in [7, 11) is -4.92. The third-order valence-corrected chi connectivity index (χ3v) is 7.26. The molecule has 22 heteroatoms. The van der Waals surface area contributed by atoms with Gasteiger partial charge in [0.2, 0.25) is 21.9 Å². The third kappa shape index (κ3) is 7.68. The number of hydrogen-bond donors (Lipinski definition) is 6. The summed E-state index contributed by atoms with van der Waals surface area (Å²) in [5, 5.41) is 25.1. The van der Waals surface area contributed by atoms with Gasteiger partial charge >= 0.3 is 5.97 Å². The first kappa shape index (κ1) is 31.7. The van der Waals surface area contributed by atoms with Crippen LogP contribution < -0.4 is 21.5 Å². The number of hydrogen-bond acceptors (Lipinski definition) is 15. The van der Waals surface area contributed by atoms with Crippen LogP contribution in [0, 0.1) is 0 Å². The monoisotopic (exact) mass is 635 g/mol. The Labute approximate surface area is 240 Å². The Hall–Kier alpha value is -3.83. The highest BCUT2D eigenvalue weighted by Crippen LogP contribution is 2.40. The van der Waals surface area contributed by atoms with Crippen LogP contribution in [0.4, 0.5) is 10.9 Å². The number of aromatic nitrogens is 4. The SMILES string of the molecule is CCON=C(C(=O)N[C@@H]1C(=O)N2C(C(=O)O)=C(C[n+]3ccc(N)n3CCO)CS[C@H]12)c1nsc(N)n1.O=S(=O)([O-])O. The van der Waals surface area contributed by atoms with Gasteiger partial charge in [-0.1, -0.05) is 5.16 Å². The molecule has 0 aromatic carbocycles. The molecular weight excluding hydrogens is 610 g/mol. The molecule has 1 saturated heterocycles. The summed E-state index contributed by atoms with van der Waals surface area (Å²) in [5.41, 5.74) is 11.6. The minimum atomic E-state index is -4.92. The van der Waals surface area contributed by atoms with Crippen molar-refractivity contribution in [3.05, 3.63) is 29.4 Å². The number of oxime groups is 1. The number of nitrogen functional groups attached to an aromatic ring is 2. The number of nitrogens with two attached hydrogens (primary N) is 2. The van der Waals surface area contributed by atoms with E-state index in [1.807, 2.05) is 0 Å². The van der Waals surface area contributed by atoms with Crippen molar-refractivity contribution in [1.29, 1.82) is 0 Å². The van der Waals surface area contributed by atoms with Gasteiger partial charge in [-0.15, -0.1) is 21.1 Å². The molecule has 2 aliphatic rings. The Morgan fingerprint density at radius 1 is 1.39 bits per heavy atom. The van der Waals surface area contributed by atoms with E-state index in [-0.39, 0.29) is 48.7 Å². The van der Waals surface area contributed by atoms with E-state index in [2.05, 4.69) is 19.8 Å². The zero-order chi connectivity index (χ0) is 30.5. The number of fused-ring (bicyclic) bond motifs is 1. The molecule has 0 saturated carbocycles. The average molecular weight is 636 g/mol. The molecule has 1 fully saturated rings. The molecule has 4 heterocycles. The van der Waals surface area contributed by atoms with Gasteiger partial charge in [-0.25, -0.2) is 13.2 Å². The highest BCUT2D eigenvalue weighted by molar-refractivity contribution is 8.00. The van der Waals surface area contributed by atoms with Crippen LogP contribution in [0.5, 0.6) is 0 Å².